The second kappa shape index (κ2) is 6.92. The Kier molecular flexibility index (Phi) is 5.79. The van der Waals surface area contributed by atoms with E-state index in [1.54, 1.807) is 6.08 Å². The summed E-state index contributed by atoms with van der Waals surface area (Å²) >= 11 is 0. The number of allylic oxidation sites excluding steroid dienone is 4. The van der Waals surface area contributed by atoms with Crippen molar-refractivity contribution in [2.24, 2.45) is 23.2 Å². The van der Waals surface area contributed by atoms with Gasteiger partial charge in [0.05, 0.1) is 0 Å². The van der Waals surface area contributed by atoms with E-state index >= 15 is 0 Å². The van der Waals surface area contributed by atoms with Crippen LogP contribution in [0, 0.1) is 23.2 Å². The molecule has 0 aromatic rings. The molecule has 3 atom stereocenters. The number of rotatable bonds is 7. The molecule has 1 rings (SSSR count). The molecule has 0 radical (unpaired) electrons. The molecule has 0 amide bonds. The smallest absolute Gasteiger partial charge is 0.0420 e. The lowest BCUT2D eigenvalue weighted by Crippen LogP contribution is -2.37. The molecule has 20 heavy (non-hydrogen) atoms. The van der Waals surface area contributed by atoms with Gasteiger partial charge in [0.15, 0.2) is 0 Å². The van der Waals surface area contributed by atoms with Gasteiger partial charge < -0.3 is 9.90 Å². The molecule has 2 heteroatoms. The van der Waals surface area contributed by atoms with E-state index in [2.05, 4.69) is 40.0 Å². The van der Waals surface area contributed by atoms with Crippen molar-refractivity contribution in [3.05, 3.63) is 37.0 Å². The van der Waals surface area contributed by atoms with Crippen LogP contribution in [0.4, 0.5) is 0 Å². The summed E-state index contributed by atoms with van der Waals surface area (Å²) in [6.07, 6.45) is 9.05. The van der Waals surface area contributed by atoms with Crippen molar-refractivity contribution in [2.75, 3.05) is 0 Å². The van der Waals surface area contributed by atoms with Gasteiger partial charge >= 0.3 is 0 Å². The van der Waals surface area contributed by atoms with Crippen molar-refractivity contribution >= 4 is 5.97 Å². The van der Waals surface area contributed by atoms with E-state index in [-0.39, 0.29) is 17.8 Å². The van der Waals surface area contributed by atoms with Gasteiger partial charge in [-0.1, -0.05) is 37.6 Å². The lowest BCUT2D eigenvalue weighted by molar-refractivity contribution is -0.306. The molecule has 0 heterocycles. The fraction of sp³-hybridized carbons (Fsp3) is 0.611. The predicted octanol–water partition coefficient (Wildman–Crippen LogP) is 3.50. The summed E-state index contributed by atoms with van der Waals surface area (Å²) in [4.78, 5) is 10.8. The summed E-state index contributed by atoms with van der Waals surface area (Å²) in [5.41, 5.74) is 1.53. The second-order valence-electron chi connectivity index (χ2n) is 6.59. The zero-order valence-corrected chi connectivity index (χ0v) is 13.0. The monoisotopic (exact) mass is 275 g/mol. The Labute approximate surface area is 123 Å². The van der Waals surface area contributed by atoms with Crippen molar-refractivity contribution in [2.45, 2.75) is 46.5 Å². The number of carboxylic acid groups (broad SMARTS) is 1. The number of carboxylic acids is 1. The van der Waals surface area contributed by atoms with Gasteiger partial charge in [-0.05, 0) is 55.8 Å². The molecular formula is C18H27O2-. The number of carbonyl (C=O) groups is 1. The van der Waals surface area contributed by atoms with Crippen molar-refractivity contribution < 1.29 is 9.90 Å². The van der Waals surface area contributed by atoms with E-state index in [1.807, 2.05) is 6.08 Å². The minimum atomic E-state index is -0.993. The third-order valence-corrected chi connectivity index (χ3v) is 4.98. The summed E-state index contributed by atoms with van der Waals surface area (Å²) in [6.45, 7) is 14.4. The average molecular weight is 275 g/mol. The summed E-state index contributed by atoms with van der Waals surface area (Å²) in [5, 5.41) is 10.8. The molecule has 0 bridgehead atoms. The molecule has 0 aliphatic heterocycles. The predicted molar refractivity (Wildman–Crippen MR) is 81.9 cm³/mol. The zero-order chi connectivity index (χ0) is 15.3. The highest BCUT2D eigenvalue weighted by Gasteiger charge is 2.40. The summed E-state index contributed by atoms with van der Waals surface area (Å²) in [5.74, 6) is -0.0476. The number of carbonyl (C=O) groups excluding carboxylic acids is 1. The Morgan fingerprint density at radius 1 is 1.55 bits per heavy atom. The van der Waals surface area contributed by atoms with Crippen LogP contribution in [0.1, 0.15) is 46.5 Å². The van der Waals surface area contributed by atoms with Crippen LogP contribution in [0.25, 0.3) is 0 Å². The lowest BCUT2D eigenvalue weighted by atomic mass is 9.59. The molecule has 0 saturated heterocycles. The molecule has 0 unspecified atom stereocenters. The van der Waals surface area contributed by atoms with Gasteiger partial charge in [0.1, 0.15) is 0 Å². The molecule has 112 valence electrons. The van der Waals surface area contributed by atoms with Gasteiger partial charge in [-0.15, -0.1) is 13.2 Å². The molecule has 0 saturated carbocycles. The van der Waals surface area contributed by atoms with Gasteiger partial charge in [-0.2, -0.15) is 0 Å². The maximum Gasteiger partial charge on any atom is 0.0420 e. The highest BCUT2D eigenvalue weighted by atomic mass is 16.4. The summed E-state index contributed by atoms with van der Waals surface area (Å²) in [6, 6.07) is 0. The lowest BCUT2D eigenvalue weighted by Gasteiger charge is -2.46. The third-order valence-electron chi connectivity index (χ3n) is 4.98. The van der Waals surface area contributed by atoms with E-state index in [9.17, 15) is 9.90 Å². The molecular weight excluding hydrogens is 248 g/mol. The SMILES string of the molecule is C=CC[C@@H]1CC=C(C)[C@@H](C[C@H](C=C)CC(=O)[O-])C1(C)C. The standard InChI is InChI=1S/C18H28O2/c1-6-8-15-10-9-13(3)16(18(15,4)5)11-14(7-2)12-17(19)20/h6-7,9,14-16H,1-2,8,10-12H2,3-5H3,(H,19,20)/p-1/t14-,15+,16+/m0/s1. The quantitative estimate of drug-likeness (QED) is 0.667. The first kappa shape index (κ1) is 16.7. The van der Waals surface area contributed by atoms with Gasteiger partial charge in [-0.25, -0.2) is 0 Å². The van der Waals surface area contributed by atoms with Gasteiger partial charge in [0.25, 0.3) is 0 Å². The van der Waals surface area contributed by atoms with Crippen LogP contribution in [0.5, 0.6) is 0 Å². The molecule has 1 aliphatic rings. The fourth-order valence-corrected chi connectivity index (χ4v) is 3.52. The van der Waals surface area contributed by atoms with Gasteiger partial charge in [0, 0.05) is 5.97 Å². The van der Waals surface area contributed by atoms with E-state index in [0.717, 1.165) is 19.3 Å². The Hall–Kier alpha value is -1.31. The Morgan fingerprint density at radius 2 is 2.20 bits per heavy atom. The van der Waals surface area contributed by atoms with Gasteiger partial charge in [-0.3, -0.25) is 0 Å². The number of hydrogen-bond donors (Lipinski definition) is 0. The van der Waals surface area contributed by atoms with Crippen LogP contribution < -0.4 is 5.11 Å². The largest absolute Gasteiger partial charge is 0.550 e. The first-order valence-electron chi connectivity index (χ1n) is 7.42. The van der Waals surface area contributed by atoms with Crippen LogP contribution in [0.15, 0.2) is 37.0 Å². The van der Waals surface area contributed by atoms with E-state index < -0.39 is 5.97 Å². The fourth-order valence-electron chi connectivity index (χ4n) is 3.52. The third kappa shape index (κ3) is 3.84. The zero-order valence-electron chi connectivity index (χ0n) is 13.0. The molecule has 0 aromatic carbocycles. The maximum atomic E-state index is 10.8. The van der Waals surface area contributed by atoms with Gasteiger partial charge in [0.2, 0.25) is 0 Å². The molecule has 0 N–H and O–H groups in total. The molecule has 2 nitrogen and oxygen atoms in total. The van der Waals surface area contributed by atoms with Crippen molar-refractivity contribution in [1.82, 2.24) is 0 Å². The minimum absolute atomic E-state index is 0.0184. The molecule has 0 fully saturated rings. The first-order valence-corrected chi connectivity index (χ1v) is 7.42. The topological polar surface area (TPSA) is 40.1 Å². The van der Waals surface area contributed by atoms with E-state index in [4.69, 9.17) is 0 Å². The highest BCUT2D eigenvalue weighted by Crippen LogP contribution is 2.49. The Balaban J connectivity index is 2.91. The van der Waals surface area contributed by atoms with E-state index in [0.29, 0.717) is 11.8 Å². The van der Waals surface area contributed by atoms with Crippen LogP contribution in [-0.4, -0.2) is 5.97 Å². The van der Waals surface area contributed by atoms with E-state index in [1.165, 1.54) is 5.57 Å². The Morgan fingerprint density at radius 3 is 2.70 bits per heavy atom. The van der Waals surface area contributed by atoms with Crippen molar-refractivity contribution in [3.8, 4) is 0 Å². The normalized spacial score (nSPS) is 26.4. The molecule has 0 spiro atoms. The van der Waals surface area contributed by atoms with Crippen molar-refractivity contribution in [3.63, 3.8) is 0 Å². The maximum absolute atomic E-state index is 10.8. The van der Waals surface area contributed by atoms with Crippen LogP contribution in [0.2, 0.25) is 0 Å². The Bertz CT molecular complexity index is 404. The number of hydrogen-bond acceptors (Lipinski definition) is 2. The van der Waals surface area contributed by atoms with Crippen molar-refractivity contribution in [1.29, 1.82) is 0 Å². The average Bonchev–Trinajstić information content (AvgIpc) is 2.36. The molecule has 1 aliphatic carbocycles. The first-order chi connectivity index (χ1) is 9.32. The minimum Gasteiger partial charge on any atom is -0.550 e. The second-order valence-corrected chi connectivity index (χ2v) is 6.59. The van der Waals surface area contributed by atoms with Crippen LogP contribution in [-0.2, 0) is 4.79 Å². The molecule has 0 aromatic heterocycles. The highest BCUT2D eigenvalue weighted by molar-refractivity contribution is 5.64. The summed E-state index contributed by atoms with van der Waals surface area (Å²) in [7, 11) is 0. The van der Waals surface area contributed by atoms with Crippen LogP contribution >= 0.6 is 0 Å². The van der Waals surface area contributed by atoms with Crippen LogP contribution in [0.3, 0.4) is 0 Å². The number of aliphatic carboxylic acids is 1. The summed E-state index contributed by atoms with van der Waals surface area (Å²) < 4.78 is 0.